The molecule has 2 aromatic carbocycles. The summed E-state index contributed by atoms with van der Waals surface area (Å²) >= 11 is 5.76. The molecule has 0 aliphatic carbocycles. The van der Waals surface area contributed by atoms with E-state index in [4.69, 9.17) is 11.6 Å². The molecule has 1 unspecified atom stereocenters. The van der Waals surface area contributed by atoms with Crippen molar-refractivity contribution in [3.05, 3.63) is 59.1 Å². The van der Waals surface area contributed by atoms with E-state index in [-0.39, 0.29) is 24.7 Å². The Kier molecular flexibility index (Phi) is 6.44. The summed E-state index contributed by atoms with van der Waals surface area (Å²) in [5.74, 6) is -1.89. The van der Waals surface area contributed by atoms with Crippen LogP contribution in [-0.4, -0.2) is 32.0 Å². The lowest BCUT2D eigenvalue weighted by Gasteiger charge is -2.14. The van der Waals surface area contributed by atoms with Gasteiger partial charge in [0.25, 0.3) is 11.8 Å². The molecule has 2 amide bonds. The van der Waals surface area contributed by atoms with Crippen molar-refractivity contribution < 1.29 is 23.3 Å². The van der Waals surface area contributed by atoms with E-state index < -0.39 is 17.5 Å². The Morgan fingerprint density at radius 3 is 2.40 bits per heavy atom. The summed E-state index contributed by atoms with van der Waals surface area (Å²) in [5, 5.41) is 5.25. The minimum absolute atomic E-state index is 0.0119. The lowest BCUT2D eigenvalue weighted by molar-refractivity contribution is -0.862. The number of hydrogen-bond acceptors (Lipinski definition) is 2. The third kappa shape index (κ3) is 6.13. The Morgan fingerprint density at radius 1 is 1.04 bits per heavy atom. The number of hydrogen-bond donors (Lipinski definition) is 3. The molecule has 3 N–H and O–H groups in total. The number of anilines is 2. The van der Waals surface area contributed by atoms with Crippen LogP contribution < -0.4 is 15.5 Å². The van der Waals surface area contributed by atoms with Crippen molar-refractivity contribution in [1.29, 1.82) is 0 Å². The summed E-state index contributed by atoms with van der Waals surface area (Å²) in [6.45, 7) is -0.0650. The second-order valence-electron chi connectivity index (χ2n) is 5.54. The van der Waals surface area contributed by atoms with Gasteiger partial charge in [0.15, 0.2) is 13.1 Å². The number of carbonyl (C=O) groups is 2. The van der Waals surface area contributed by atoms with E-state index in [0.717, 1.165) is 6.07 Å². The largest absolute Gasteiger partial charge is 0.322 e. The van der Waals surface area contributed by atoms with E-state index in [1.165, 1.54) is 30.3 Å². The van der Waals surface area contributed by atoms with Gasteiger partial charge in [-0.25, -0.2) is 8.78 Å². The van der Waals surface area contributed by atoms with E-state index in [1.54, 1.807) is 13.1 Å². The molecular formula is C17H17ClF2N3O2+. The second kappa shape index (κ2) is 8.55. The molecule has 0 fully saturated rings. The van der Waals surface area contributed by atoms with Gasteiger partial charge in [-0.05, 0) is 36.4 Å². The summed E-state index contributed by atoms with van der Waals surface area (Å²) in [6.07, 6.45) is 0. The fraction of sp³-hybridized carbons (Fsp3) is 0.176. The fourth-order valence-electron chi connectivity index (χ4n) is 2.17. The summed E-state index contributed by atoms with van der Waals surface area (Å²) in [5.41, 5.74) is 0.317. The zero-order chi connectivity index (χ0) is 18.4. The number of benzene rings is 2. The van der Waals surface area contributed by atoms with Crippen LogP contribution in [0.3, 0.4) is 0 Å². The zero-order valence-corrected chi connectivity index (χ0v) is 14.2. The number of quaternary nitrogens is 1. The first kappa shape index (κ1) is 18.8. The highest BCUT2D eigenvalue weighted by atomic mass is 35.5. The van der Waals surface area contributed by atoms with E-state index in [0.29, 0.717) is 15.6 Å². The Hall–Kier alpha value is -2.51. The Labute approximate surface area is 148 Å². The van der Waals surface area contributed by atoms with Crippen LogP contribution in [0, 0.1) is 11.6 Å². The topological polar surface area (TPSA) is 62.6 Å². The van der Waals surface area contributed by atoms with Gasteiger partial charge in [0, 0.05) is 10.7 Å². The van der Waals surface area contributed by atoms with Gasteiger partial charge in [0.05, 0.1) is 12.7 Å². The molecule has 0 aliphatic rings. The highest BCUT2D eigenvalue weighted by Gasteiger charge is 2.16. The highest BCUT2D eigenvalue weighted by Crippen LogP contribution is 2.19. The van der Waals surface area contributed by atoms with Crippen LogP contribution in [-0.2, 0) is 9.59 Å². The van der Waals surface area contributed by atoms with Crippen molar-refractivity contribution in [3.8, 4) is 0 Å². The van der Waals surface area contributed by atoms with E-state index in [9.17, 15) is 18.4 Å². The molecule has 8 heteroatoms. The Balaban J connectivity index is 1.84. The minimum atomic E-state index is -0.598. The predicted octanol–water partition coefficient (Wildman–Crippen LogP) is 1.71. The van der Waals surface area contributed by atoms with E-state index in [1.807, 2.05) is 0 Å². The van der Waals surface area contributed by atoms with Crippen molar-refractivity contribution in [1.82, 2.24) is 0 Å². The van der Waals surface area contributed by atoms with Crippen LogP contribution in [0.4, 0.5) is 20.2 Å². The van der Waals surface area contributed by atoms with Crippen LogP contribution in [0.25, 0.3) is 0 Å². The van der Waals surface area contributed by atoms with Gasteiger partial charge in [-0.3, -0.25) is 9.59 Å². The lowest BCUT2D eigenvalue weighted by Crippen LogP contribution is -3.11. The zero-order valence-electron chi connectivity index (χ0n) is 13.4. The molecule has 0 radical (unpaired) electrons. The fourth-order valence-corrected chi connectivity index (χ4v) is 2.34. The Bertz CT molecular complexity index is 786. The molecule has 2 aromatic rings. The molecule has 2 rings (SSSR count). The number of halogens is 3. The first-order valence-electron chi connectivity index (χ1n) is 7.45. The van der Waals surface area contributed by atoms with Crippen LogP contribution in [0.2, 0.25) is 5.02 Å². The van der Waals surface area contributed by atoms with E-state index >= 15 is 0 Å². The van der Waals surface area contributed by atoms with Gasteiger partial charge < -0.3 is 15.5 Å². The summed E-state index contributed by atoms with van der Waals surface area (Å²) in [4.78, 5) is 24.4. The normalized spacial score (nSPS) is 11.7. The minimum Gasteiger partial charge on any atom is -0.322 e. The maximum Gasteiger partial charge on any atom is 0.279 e. The number of rotatable bonds is 6. The second-order valence-corrected chi connectivity index (χ2v) is 5.98. The van der Waals surface area contributed by atoms with E-state index in [2.05, 4.69) is 10.6 Å². The molecule has 0 aliphatic heterocycles. The standard InChI is InChI=1S/C17H16ClF2N3O2/c1-23(9-16(24)21-13-4-2-3-12(19)8-13)10-17(25)22-15-7-11(18)5-6-14(15)20/h2-8H,9-10H2,1H3,(H,21,24)(H,22,25)/p+1. The maximum atomic E-state index is 13.6. The van der Waals surface area contributed by atoms with Gasteiger partial charge in [-0.15, -0.1) is 0 Å². The molecule has 1 atom stereocenters. The van der Waals surface area contributed by atoms with Gasteiger partial charge in [0.1, 0.15) is 11.6 Å². The molecule has 5 nitrogen and oxygen atoms in total. The molecular weight excluding hydrogens is 352 g/mol. The predicted molar refractivity (Wildman–Crippen MR) is 91.7 cm³/mol. The van der Waals surface area contributed by atoms with Crippen LogP contribution in [0.1, 0.15) is 0 Å². The van der Waals surface area contributed by atoms with Crippen LogP contribution >= 0.6 is 11.6 Å². The maximum absolute atomic E-state index is 13.6. The quantitative estimate of drug-likeness (QED) is 0.727. The van der Waals surface area contributed by atoms with Crippen LogP contribution in [0.15, 0.2) is 42.5 Å². The van der Waals surface area contributed by atoms with Gasteiger partial charge >= 0.3 is 0 Å². The molecule has 0 heterocycles. The average Bonchev–Trinajstić information content (AvgIpc) is 2.50. The monoisotopic (exact) mass is 368 g/mol. The number of nitrogens with one attached hydrogen (secondary N) is 3. The molecule has 0 spiro atoms. The van der Waals surface area contributed by atoms with Crippen molar-refractivity contribution in [3.63, 3.8) is 0 Å². The van der Waals surface area contributed by atoms with Crippen molar-refractivity contribution in [2.24, 2.45) is 0 Å². The van der Waals surface area contributed by atoms with Crippen molar-refractivity contribution in [2.45, 2.75) is 0 Å². The molecule has 132 valence electrons. The third-order valence-corrected chi connectivity index (χ3v) is 3.47. The molecule has 0 saturated carbocycles. The van der Waals surface area contributed by atoms with Crippen molar-refractivity contribution in [2.75, 3.05) is 30.8 Å². The number of amides is 2. The van der Waals surface area contributed by atoms with Gasteiger partial charge in [-0.2, -0.15) is 0 Å². The van der Waals surface area contributed by atoms with Gasteiger partial charge in [-0.1, -0.05) is 17.7 Å². The van der Waals surface area contributed by atoms with Crippen LogP contribution in [0.5, 0.6) is 0 Å². The summed E-state index contributed by atoms with van der Waals surface area (Å²) in [7, 11) is 1.64. The lowest BCUT2D eigenvalue weighted by atomic mass is 10.3. The molecule has 0 aromatic heterocycles. The molecule has 0 saturated heterocycles. The summed E-state index contributed by atoms with van der Waals surface area (Å²) in [6, 6.07) is 9.34. The Morgan fingerprint density at radius 2 is 1.72 bits per heavy atom. The first-order chi connectivity index (χ1) is 11.8. The SMILES string of the molecule is C[NH+](CC(=O)Nc1cccc(F)c1)CC(=O)Nc1cc(Cl)ccc1F. The number of carbonyl (C=O) groups excluding carboxylic acids is 2. The smallest absolute Gasteiger partial charge is 0.279 e. The number of likely N-dealkylation sites (N-methyl/N-ethyl adjacent to an activating group) is 1. The molecule has 0 bridgehead atoms. The van der Waals surface area contributed by atoms with Gasteiger partial charge in [0.2, 0.25) is 0 Å². The summed E-state index contributed by atoms with van der Waals surface area (Å²) < 4.78 is 26.6. The first-order valence-corrected chi connectivity index (χ1v) is 7.83. The average molecular weight is 369 g/mol. The third-order valence-electron chi connectivity index (χ3n) is 3.24. The highest BCUT2D eigenvalue weighted by molar-refractivity contribution is 6.30. The van der Waals surface area contributed by atoms with Crippen molar-refractivity contribution >= 4 is 34.8 Å². The molecule has 25 heavy (non-hydrogen) atoms.